The number of carbonyl (C=O) groups excluding carboxylic acids is 2. The topological polar surface area (TPSA) is 65.6 Å². The Morgan fingerprint density at radius 3 is 2.38 bits per heavy atom. The van der Waals surface area contributed by atoms with Gasteiger partial charge in [-0.3, -0.25) is 9.59 Å². The molecule has 1 saturated heterocycles. The number of amides is 2. The molecule has 0 unspecified atom stereocenters. The maximum atomic E-state index is 13.6. The van der Waals surface area contributed by atoms with Crippen LogP contribution in [0.2, 0.25) is 0 Å². The van der Waals surface area contributed by atoms with Crippen LogP contribution in [0.5, 0.6) is 5.75 Å². The number of aromatic nitrogens is 1. The number of nitrogens with zero attached hydrogens (tertiary/aromatic N) is 2. The van der Waals surface area contributed by atoms with Crippen molar-refractivity contribution >= 4 is 22.7 Å². The van der Waals surface area contributed by atoms with E-state index in [0.29, 0.717) is 37.7 Å². The standard InChI is InChI=1S/C31H31N3O3/c35-30-20-33(31(36)28-17-26-27(32-28)12-7-13-29(26)37-21-24-14-15-24)19-25(16-22-8-3-1-4-9-22)34(30)18-23-10-5-2-6-11-23/h1-13,17,24-25,32H,14-16,18-21H2/t25-/m0/s1. The zero-order valence-corrected chi connectivity index (χ0v) is 20.8. The second-order valence-corrected chi connectivity index (χ2v) is 10.2. The first kappa shape index (κ1) is 23.3. The largest absolute Gasteiger partial charge is 0.493 e. The second kappa shape index (κ2) is 10.1. The first-order chi connectivity index (χ1) is 18.1. The van der Waals surface area contributed by atoms with Gasteiger partial charge in [0.25, 0.3) is 5.91 Å². The maximum Gasteiger partial charge on any atom is 0.270 e. The van der Waals surface area contributed by atoms with Gasteiger partial charge in [0.1, 0.15) is 18.0 Å². The van der Waals surface area contributed by atoms with E-state index in [1.165, 1.54) is 12.8 Å². The lowest BCUT2D eigenvalue weighted by molar-refractivity contribution is -0.139. The van der Waals surface area contributed by atoms with Crippen LogP contribution in [-0.2, 0) is 17.8 Å². The molecule has 1 saturated carbocycles. The lowest BCUT2D eigenvalue weighted by atomic mass is 10.0. The van der Waals surface area contributed by atoms with Crippen LogP contribution >= 0.6 is 0 Å². The van der Waals surface area contributed by atoms with Crippen molar-refractivity contribution in [1.82, 2.24) is 14.8 Å². The summed E-state index contributed by atoms with van der Waals surface area (Å²) in [5.41, 5.74) is 3.59. The quantitative estimate of drug-likeness (QED) is 0.374. The van der Waals surface area contributed by atoms with Crippen LogP contribution in [0.4, 0.5) is 0 Å². The fourth-order valence-corrected chi connectivity index (χ4v) is 5.12. The molecule has 37 heavy (non-hydrogen) atoms. The third-order valence-electron chi connectivity index (χ3n) is 7.34. The van der Waals surface area contributed by atoms with Crippen LogP contribution in [-0.4, -0.2) is 52.3 Å². The molecule has 3 aromatic carbocycles. The molecule has 188 valence electrons. The lowest BCUT2D eigenvalue weighted by Gasteiger charge is -2.41. The minimum Gasteiger partial charge on any atom is -0.493 e. The van der Waals surface area contributed by atoms with Gasteiger partial charge >= 0.3 is 0 Å². The first-order valence-corrected chi connectivity index (χ1v) is 13.0. The fraction of sp³-hybridized carbons (Fsp3) is 0.290. The number of benzene rings is 3. The van der Waals surface area contributed by atoms with Crippen LogP contribution in [0.1, 0.15) is 34.5 Å². The minimum atomic E-state index is -0.157. The van der Waals surface area contributed by atoms with Crippen molar-refractivity contribution in [2.45, 2.75) is 31.8 Å². The van der Waals surface area contributed by atoms with Gasteiger partial charge in [-0.2, -0.15) is 0 Å². The molecule has 1 aromatic heterocycles. The normalized spacial score (nSPS) is 17.8. The molecular formula is C31H31N3O3. The Labute approximate surface area is 216 Å². The predicted molar refractivity (Wildman–Crippen MR) is 143 cm³/mol. The number of hydrogen-bond donors (Lipinski definition) is 1. The number of piperazine rings is 1. The molecule has 0 radical (unpaired) electrons. The molecule has 6 rings (SSSR count). The van der Waals surface area contributed by atoms with Crippen LogP contribution < -0.4 is 4.74 Å². The summed E-state index contributed by atoms with van der Waals surface area (Å²) in [4.78, 5) is 34.0. The van der Waals surface area contributed by atoms with Crippen LogP contribution in [0.3, 0.4) is 0 Å². The summed E-state index contributed by atoms with van der Waals surface area (Å²) in [5, 5.41) is 0.904. The molecule has 6 nitrogen and oxygen atoms in total. The van der Waals surface area contributed by atoms with Crippen molar-refractivity contribution in [3.8, 4) is 5.75 Å². The van der Waals surface area contributed by atoms with Crippen molar-refractivity contribution in [3.63, 3.8) is 0 Å². The highest BCUT2D eigenvalue weighted by Gasteiger charge is 2.35. The van der Waals surface area contributed by atoms with Crippen molar-refractivity contribution in [2.24, 2.45) is 5.92 Å². The Morgan fingerprint density at radius 1 is 0.919 bits per heavy atom. The van der Waals surface area contributed by atoms with E-state index >= 15 is 0 Å². The van der Waals surface area contributed by atoms with E-state index in [1.54, 1.807) is 4.90 Å². The molecule has 2 fully saturated rings. The molecule has 2 heterocycles. The van der Waals surface area contributed by atoms with Gasteiger partial charge in [-0.1, -0.05) is 66.7 Å². The summed E-state index contributed by atoms with van der Waals surface area (Å²) >= 11 is 0. The number of carbonyl (C=O) groups is 2. The molecule has 4 aromatic rings. The molecular weight excluding hydrogens is 462 g/mol. The van der Waals surface area contributed by atoms with Gasteiger partial charge in [0.2, 0.25) is 5.91 Å². The molecule has 2 aliphatic rings. The number of H-pyrrole nitrogens is 1. The highest BCUT2D eigenvalue weighted by atomic mass is 16.5. The van der Waals surface area contributed by atoms with Crippen molar-refractivity contribution in [3.05, 3.63) is 102 Å². The summed E-state index contributed by atoms with van der Waals surface area (Å²) < 4.78 is 6.05. The van der Waals surface area contributed by atoms with Gasteiger partial charge in [0.05, 0.1) is 12.6 Å². The van der Waals surface area contributed by atoms with Gasteiger partial charge in [0, 0.05) is 24.0 Å². The minimum absolute atomic E-state index is 0.0334. The molecule has 0 bridgehead atoms. The number of aromatic amines is 1. The van der Waals surface area contributed by atoms with Gasteiger partial charge in [-0.15, -0.1) is 0 Å². The molecule has 1 N–H and O–H groups in total. The number of nitrogens with one attached hydrogen (secondary N) is 1. The van der Waals surface area contributed by atoms with E-state index in [0.717, 1.165) is 27.8 Å². The Hall–Kier alpha value is -4.06. The molecule has 1 atom stereocenters. The zero-order valence-electron chi connectivity index (χ0n) is 20.8. The van der Waals surface area contributed by atoms with Gasteiger partial charge in [0.15, 0.2) is 0 Å². The third-order valence-corrected chi connectivity index (χ3v) is 7.34. The van der Waals surface area contributed by atoms with E-state index in [-0.39, 0.29) is 24.4 Å². The number of hydrogen-bond acceptors (Lipinski definition) is 3. The van der Waals surface area contributed by atoms with E-state index in [2.05, 4.69) is 17.1 Å². The summed E-state index contributed by atoms with van der Waals surface area (Å²) in [6, 6.07) is 27.8. The molecule has 6 heteroatoms. The van der Waals surface area contributed by atoms with E-state index in [1.807, 2.05) is 77.7 Å². The number of ether oxygens (including phenoxy) is 1. The first-order valence-electron chi connectivity index (χ1n) is 13.0. The molecule has 1 aliphatic carbocycles. The average Bonchev–Trinajstić information content (AvgIpc) is 3.65. The number of fused-ring (bicyclic) bond motifs is 1. The maximum absolute atomic E-state index is 13.6. The van der Waals surface area contributed by atoms with Crippen molar-refractivity contribution < 1.29 is 14.3 Å². The van der Waals surface area contributed by atoms with Crippen molar-refractivity contribution in [1.29, 1.82) is 0 Å². The van der Waals surface area contributed by atoms with Crippen LogP contribution in [0, 0.1) is 5.92 Å². The van der Waals surface area contributed by atoms with Gasteiger partial charge < -0.3 is 19.5 Å². The molecule has 0 spiro atoms. The zero-order chi connectivity index (χ0) is 25.2. The van der Waals surface area contributed by atoms with Crippen molar-refractivity contribution in [2.75, 3.05) is 19.7 Å². The van der Waals surface area contributed by atoms with Crippen LogP contribution in [0.25, 0.3) is 10.9 Å². The van der Waals surface area contributed by atoms with Gasteiger partial charge in [-0.25, -0.2) is 0 Å². The van der Waals surface area contributed by atoms with E-state index < -0.39 is 0 Å². The third kappa shape index (κ3) is 5.24. The Morgan fingerprint density at radius 2 is 1.65 bits per heavy atom. The van der Waals surface area contributed by atoms with Gasteiger partial charge in [-0.05, 0) is 54.5 Å². The summed E-state index contributed by atoms with van der Waals surface area (Å²) in [6.45, 7) is 1.80. The summed E-state index contributed by atoms with van der Waals surface area (Å²) in [7, 11) is 0. The molecule has 2 amide bonds. The summed E-state index contributed by atoms with van der Waals surface area (Å²) in [5.74, 6) is 1.25. The highest BCUT2D eigenvalue weighted by molar-refractivity contribution is 6.01. The number of rotatable bonds is 8. The monoisotopic (exact) mass is 493 g/mol. The Kier molecular flexibility index (Phi) is 6.39. The van der Waals surface area contributed by atoms with E-state index in [9.17, 15) is 9.59 Å². The summed E-state index contributed by atoms with van der Waals surface area (Å²) in [6.07, 6.45) is 3.14. The Balaban J connectivity index is 1.24. The lowest BCUT2D eigenvalue weighted by Crippen LogP contribution is -2.58. The highest BCUT2D eigenvalue weighted by Crippen LogP contribution is 2.32. The molecule has 1 aliphatic heterocycles. The fourth-order valence-electron chi connectivity index (χ4n) is 5.12. The SMILES string of the molecule is O=C(c1cc2c(OCC3CC3)cccc2[nH]1)N1CC(=O)N(Cc2ccccc2)[C@@H](Cc2ccccc2)C1. The van der Waals surface area contributed by atoms with Crippen LogP contribution in [0.15, 0.2) is 84.9 Å². The average molecular weight is 494 g/mol. The smallest absolute Gasteiger partial charge is 0.270 e. The second-order valence-electron chi connectivity index (χ2n) is 10.2. The van der Waals surface area contributed by atoms with E-state index in [4.69, 9.17) is 4.74 Å². The predicted octanol–water partition coefficient (Wildman–Crippen LogP) is 5.05. The Bertz CT molecular complexity index is 1400.